The summed E-state index contributed by atoms with van der Waals surface area (Å²) in [6, 6.07) is 14.2. The Morgan fingerprint density at radius 2 is 2.10 bits per heavy atom. The van der Waals surface area contributed by atoms with Crippen LogP contribution in [0.5, 0.6) is 0 Å². The Hall–Kier alpha value is -2.51. The standard InChI is InChI=1S/C16H13ClN2O2/c1-21-16(20)13-5-3-2-4-12(13)10-19-15-7-6-11(9-18)8-14(15)17/h2-8,19H,10H2,1H3. The van der Waals surface area contributed by atoms with Crippen molar-refractivity contribution in [2.45, 2.75) is 6.54 Å². The van der Waals surface area contributed by atoms with E-state index in [2.05, 4.69) is 5.32 Å². The molecule has 0 unspecified atom stereocenters. The van der Waals surface area contributed by atoms with Crippen LogP contribution in [0.2, 0.25) is 5.02 Å². The molecule has 0 spiro atoms. The lowest BCUT2D eigenvalue weighted by Crippen LogP contribution is -2.09. The first-order chi connectivity index (χ1) is 10.2. The van der Waals surface area contributed by atoms with Crippen LogP contribution in [0.1, 0.15) is 21.5 Å². The lowest BCUT2D eigenvalue weighted by molar-refractivity contribution is 0.0599. The fourth-order valence-electron chi connectivity index (χ4n) is 1.90. The van der Waals surface area contributed by atoms with Crippen molar-refractivity contribution in [3.05, 3.63) is 64.2 Å². The summed E-state index contributed by atoms with van der Waals surface area (Å²) in [5, 5.41) is 12.4. The molecule has 0 saturated heterocycles. The van der Waals surface area contributed by atoms with E-state index in [0.717, 1.165) is 5.56 Å². The first-order valence-electron chi connectivity index (χ1n) is 6.25. The van der Waals surface area contributed by atoms with Gasteiger partial charge >= 0.3 is 5.97 Å². The SMILES string of the molecule is COC(=O)c1ccccc1CNc1ccc(C#N)cc1Cl. The number of nitriles is 1. The van der Waals surface area contributed by atoms with Gasteiger partial charge in [0.05, 0.1) is 35.0 Å². The van der Waals surface area contributed by atoms with Crippen LogP contribution in [0.3, 0.4) is 0 Å². The average molecular weight is 301 g/mol. The predicted molar refractivity (Wildman–Crippen MR) is 81.3 cm³/mol. The molecule has 0 aliphatic rings. The molecule has 1 N–H and O–H groups in total. The Kier molecular flexibility index (Phi) is 4.81. The fourth-order valence-corrected chi connectivity index (χ4v) is 2.15. The molecule has 2 rings (SSSR count). The Labute approximate surface area is 127 Å². The number of rotatable bonds is 4. The molecule has 0 atom stereocenters. The van der Waals surface area contributed by atoms with Crippen LogP contribution >= 0.6 is 11.6 Å². The molecule has 2 aromatic rings. The molecule has 2 aromatic carbocycles. The highest BCUT2D eigenvalue weighted by Gasteiger charge is 2.11. The highest BCUT2D eigenvalue weighted by molar-refractivity contribution is 6.33. The molecule has 0 saturated carbocycles. The van der Waals surface area contributed by atoms with Gasteiger partial charge in [-0.2, -0.15) is 5.26 Å². The molecule has 5 heteroatoms. The molecule has 0 amide bonds. The zero-order valence-electron chi connectivity index (χ0n) is 11.4. The fraction of sp³-hybridized carbons (Fsp3) is 0.125. The average Bonchev–Trinajstić information content (AvgIpc) is 2.53. The number of hydrogen-bond acceptors (Lipinski definition) is 4. The van der Waals surface area contributed by atoms with E-state index in [-0.39, 0.29) is 5.97 Å². The van der Waals surface area contributed by atoms with Crippen molar-refractivity contribution >= 4 is 23.3 Å². The number of methoxy groups -OCH3 is 1. The van der Waals surface area contributed by atoms with Gasteiger partial charge in [-0.1, -0.05) is 29.8 Å². The molecule has 0 aromatic heterocycles. The van der Waals surface area contributed by atoms with Gasteiger partial charge in [0.1, 0.15) is 0 Å². The van der Waals surface area contributed by atoms with Crippen LogP contribution in [-0.2, 0) is 11.3 Å². The minimum atomic E-state index is -0.377. The Bertz CT molecular complexity index is 708. The zero-order valence-corrected chi connectivity index (χ0v) is 12.1. The monoisotopic (exact) mass is 300 g/mol. The second-order valence-electron chi connectivity index (χ2n) is 4.31. The van der Waals surface area contributed by atoms with Crippen molar-refractivity contribution < 1.29 is 9.53 Å². The van der Waals surface area contributed by atoms with Gasteiger partial charge in [0, 0.05) is 6.54 Å². The Balaban J connectivity index is 2.17. The number of carbonyl (C=O) groups excluding carboxylic acids is 1. The number of hydrogen-bond donors (Lipinski definition) is 1. The van der Waals surface area contributed by atoms with E-state index < -0.39 is 0 Å². The van der Waals surface area contributed by atoms with Gasteiger partial charge in [0.2, 0.25) is 0 Å². The summed E-state index contributed by atoms with van der Waals surface area (Å²) in [4.78, 5) is 11.7. The molecule has 0 heterocycles. The first kappa shape index (κ1) is 14.9. The number of nitrogens with one attached hydrogen (secondary N) is 1. The third-order valence-corrected chi connectivity index (χ3v) is 3.30. The van der Waals surface area contributed by atoms with Crippen LogP contribution in [0.15, 0.2) is 42.5 Å². The van der Waals surface area contributed by atoms with Crippen molar-refractivity contribution in [1.29, 1.82) is 5.26 Å². The maximum atomic E-state index is 11.7. The molecule has 4 nitrogen and oxygen atoms in total. The normalized spacial score (nSPS) is 9.76. The molecule has 106 valence electrons. The predicted octanol–water partition coefficient (Wildman–Crippen LogP) is 3.61. The summed E-state index contributed by atoms with van der Waals surface area (Å²) in [7, 11) is 1.35. The molecule has 0 radical (unpaired) electrons. The summed E-state index contributed by atoms with van der Waals surface area (Å²) in [6.45, 7) is 0.427. The van der Waals surface area contributed by atoms with Crippen LogP contribution in [0, 0.1) is 11.3 Å². The topological polar surface area (TPSA) is 62.1 Å². The lowest BCUT2D eigenvalue weighted by Gasteiger charge is -2.11. The summed E-state index contributed by atoms with van der Waals surface area (Å²) >= 11 is 6.10. The van der Waals surface area contributed by atoms with E-state index in [1.807, 2.05) is 18.2 Å². The van der Waals surface area contributed by atoms with Gasteiger partial charge in [-0.3, -0.25) is 0 Å². The summed E-state index contributed by atoms with van der Waals surface area (Å²) in [5.41, 5.74) is 2.53. The highest BCUT2D eigenvalue weighted by atomic mass is 35.5. The second-order valence-corrected chi connectivity index (χ2v) is 4.72. The molecule has 0 bridgehead atoms. The highest BCUT2D eigenvalue weighted by Crippen LogP contribution is 2.24. The quantitative estimate of drug-likeness (QED) is 0.876. The Morgan fingerprint density at radius 1 is 1.33 bits per heavy atom. The number of anilines is 1. The molecule has 0 aliphatic carbocycles. The van der Waals surface area contributed by atoms with Gasteiger partial charge in [-0.05, 0) is 29.8 Å². The molecule has 0 fully saturated rings. The largest absolute Gasteiger partial charge is 0.465 e. The maximum absolute atomic E-state index is 11.7. The molecular weight excluding hydrogens is 288 g/mol. The van der Waals surface area contributed by atoms with Gasteiger partial charge in [-0.15, -0.1) is 0 Å². The number of nitrogens with zero attached hydrogens (tertiary/aromatic N) is 1. The molecular formula is C16H13ClN2O2. The van der Waals surface area contributed by atoms with E-state index in [1.54, 1.807) is 30.3 Å². The van der Waals surface area contributed by atoms with Crippen LogP contribution in [0.4, 0.5) is 5.69 Å². The lowest BCUT2D eigenvalue weighted by atomic mass is 10.1. The van der Waals surface area contributed by atoms with Crippen molar-refractivity contribution in [2.75, 3.05) is 12.4 Å². The van der Waals surface area contributed by atoms with Gasteiger partial charge in [0.25, 0.3) is 0 Å². The number of ether oxygens (including phenoxy) is 1. The number of benzene rings is 2. The van der Waals surface area contributed by atoms with Crippen molar-refractivity contribution in [3.63, 3.8) is 0 Å². The minimum Gasteiger partial charge on any atom is -0.465 e. The number of carbonyl (C=O) groups is 1. The summed E-state index contributed by atoms with van der Waals surface area (Å²) < 4.78 is 4.75. The summed E-state index contributed by atoms with van der Waals surface area (Å²) in [6.07, 6.45) is 0. The smallest absolute Gasteiger partial charge is 0.338 e. The van der Waals surface area contributed by atoms with E-state index in [0.29, 0.717) is 28.4 Å². The number of esters is 1. The van der Waals surface area contributed by atoms with E-state index in [9.17, 15) is 4.79 Å². The maximum Gasteiger partial charge on any atom is 0.338 e. The van der Waals surface area contributed by atoms with Crippen LogP contribution in [0.25, 0.3) is 0 Å². The van der Waals surface area contributed by atoms with E-state index in [1.165, 1.54) is 7.11 Å². The number of halogens is 1. The van der Waals surface area contributed by atoms with Gasteiger partial charge in [-0.25, -0.2) is 4.79 Å². The van der Waals surface area contributed by atoms with Crippen molar-refractivity contribution in [1.82, 2.24) is 0 Å². The Morgan fingerprint density at radius 3 is 2.76 bits per heavy atom. The second kappa shape index (κ2) is 6.78. The van der Waals surface area contributed by atoms with Gasteiger partial charge in [0.15, 0.2) is 0 Å². The molecule has 0 aliphatic heterocycles. The zero-order chi connectivity index (χ0) is 15.2. The minimum absolute atomic E-state index is 0.377. The summed E-state index contributed by atoms with van der Waals surface area (Å²) in [5.74, 6) is -0.377. The first-order valence-corrected chi connectivity index (χ1v) is 6.63. The third-order valence-electron chi connectivity index (χ3n) is 2.99. The van der Waals surface area contributed by atoms with E-state index >= 15 is 0 Å². The van der Waals surface area contributed by atoms with Gasteiger partial charge < -0.3 is 10.1 Å². The van der Waals surface area contributed by atoms with Crippen LogP contribution < -0.4 is 5.32 Å². The third kappa shape index (κ3) is 3.53. The molecule has 21 heavy (non-hydrogen) atoms. The van der Waals surface area contributed by atoms with Crippen molar-refractivity contribution in [2.24, 2.45) is 0 Å². The van der Waals surface area contributed by atoms with E-state index in [4.69, 9.17) is 21.6 Å². The van der Waals surface area contributed by atoms with Crippen LogP contribution in [-0.4, -0.2) is 13.1 Å². The van der Waals surface area contributed by atoms with Crippen molar-refractivity contribution in [3.8, 4) is 6.07 Å².